The van der Waals surface area contributed by atoms with Crippen LogP contribution in [0.1, 0.15) is 31.9 Å². The van der Waals surface area contributed by atoms with Gasteiger partial charge >= 0.3 is 6.18 Å². The molecule has 0 saturated heterocycles. The molecule has 3 atom stereocenters. The van der Waals surface area contributed by atoms with E-state index < -0.39 is 12.3 Å². The molecule has 0 aliphatic carbocycles. The first-order chi connectivity index (χ1) is 12.7. The highest BCUT2D eigenvalue weighted by molar-refractivity contribution is 6.32. The van der Waals surface area contributed by atoms with E-state index in [-0.39, 0.29) is 29.0 Å². The number of nitrogens with two attached hydrogens (primary N) is 1. The molecule has 2 N–H and O–H groups in total. The first-order valence-corrected chi connectivity index (χ1v) is 8.94. The summed E-state index contributed by atoms with van der Waals surface area (Å²) in [6, 6.07) is 4.53. The van der Waals surface area contributed by atoms with Crippen molar-refractivity contribution in [2.75, 3.05) is 6.61 Å². The SMILES string of the molecule is CC(COc1cc2c(cc1Cl)-c1ccncc1C(C(F)(F)F)O2)C[C@H](C)N. The molecule has 2 heterocycles. The maximum absolute atomic E-state index is 13.4. The van der Waals surface area contributed by atoms with Gasteiger partial charge in [0.05, 0.1) is 11.6 Å². The summed E-state index contributed by atoms with van der Waals surface area (Å²) in [4.78, 5) is 3.80. The fraction of sp³-hybridized carbons (Fsp3) is 0.421. The van der Waals surface area contributed by atoms with E-state index in [1.165, 1.54) is 24.5 Å². The lowest BCUT2D eigenvalue weighted by molar-refractivity contribution is -0.198. The Balaban J connectivity index is 1.93. The topological polar surface area (TPSA) is 57.4 Å². The summed E-state index contributed by atoms with van der Waals surface area (Å²) in [5.41, 5.74) is 6.61. The molecule has 146 valence electrons. The molecular formula is C19H20ClF3N2O2. The van der Waals surface area contributed by atoms with Crippen LogP contribution in [0.3, 0.4) is 0 Å². The van der Waals surface area contributed by atoms with Gasteiger partial charge in [0.2, 0.25) is 6.10 Å². The second kappa shape index (κ2) is 7.56. The second-order valence-corrected chi connectivity index (χ2v) is 7.32. The number of hydrogen-bond donors (Lipinski definition) is 1. The van der Waals surface area contributed by atoms with Gasteiger partial charge in [-0.15, -0.1) is 0 Å². The molecule has 27 heavy (non-hydrogen) atoms. The van der Waals surface area contributed by atoms with Crippen LogP contribution in [0.2, 0.25) is 5.02 Å². The van der Waals surface area contributed by atoms with E-state index in [2.05, 4.69) is 4.98 Å². The van der Waals surface area contributed by atoms with Gasteiger partial charge in [0.1, 0.15) is 11.5 Å². The summed E-state index contributed by atoms with van der Waals surface area (Å²) in [5, 5.41) is 0.304. The zero-order valence-electron chi connectivity index (χ0n) is 14.9. The van der Waals surface area contributed by atoms with Crippen LogP contribution in [0.5, 0.6) is 11.5 Å². The summed E-state index contributed by atoms with van der Waals surface area (Å²) in [6.07, 6.45) is -3.28. The van der Waals surface area contributed by atoms with Crippen molar-refractivity contribution in [2.24, 2.45) is 11.7 Å². The van der Waals surface area contributed by atoms with Gasteiger partial charge < -0.3 is 15.2 Å². The minimum Gasteiger partial charge on any atom is -0.492 e. The zero-order chi connectivity index (χ0) is 19.8. The van der Waals surface area contributed by atoms with Gasteiger partial charge in [-0.05, 0) is 37.0 Å². The van der Waals surface area contributed by atoms with Crippen LogP contribution in [0.15, 0.2) is 30.6 Å². The first kappa shape index (κ1) is 19.8. The standard InChI is InChI=1S/C19H20ClF3N2O2/c1-10(5-11(2)24)9-26-17-7-16-13(6-15(17)20)12-3-4-25-8-14(12)18(27-16)19(21,22)23/h3-4,6-8,10-11,18H,5,9,24H2,1-2H3/t10?,11-,18?/m0/s1. The largest absolute Gasteiger partial charge is 0.492 e. The van der Waals surface area contributed by atoms with E-state index in [0.29, 0.717) is 22.8 Å². The van der Waals surface area contributed by atoms with Gasteiger partial charge in [-0.1, -0.05) is 18.5 Å². The summed E-state index contributed by atoms with van der Waals surface area (Å²) >= 11 is 6.30. The van der Waals surface area contributed by atoms with Crippen LogP contribution in [0.25, 0.3) is 11.1 Å². The summed E-state index contributed by atoms with van der Waals surface area (Å²) in [7, 11) is 0. The van der Waals surface area contributed by atoms with E-state index in [4.69, 9.17) is 26.8 Å². The predicted octanol–water partition coefficient (Wildman–Crippen LogP) is 5.15. The Labute approximate surface area is 160 Å². The number of fused-ring (bicyclic) bond motifs is 3. The molecule has 1 aromatic carbocycles. The number of rotatable bonds is 5. The molecule has 1 aliphatic rings. The van der Waals surface area contributed by atoms with Crippen molar-refractivity contribution in [1.29, 1.82) is 0 Å². The maximum Gasteiger partial charge on any atom is 0.429 e. The van der Waals surface area contributed by atoms with E-state index >= 15 is 0 Å². The third-order valence-electron chi connectivity index (χ3n) is 4.30. The number of benzene rings is 1. The summed E-state index contributed by atoms with van der Waals surface area (Å²) in [6.45, 7) is 4.23. The van der Waals surface area contributed by atoms with Crippen LogP contribution in [0, 0.1) is 5.92 Å². The molecule has 0 radical (unpaired) electrons. The minimum absolute atomic E-state index is 0.0311. The van der Waals surface area contributed by atoms with Gasteiger partial charge in [-0.25, -0.2) is 0 Å². The summed E-state index contributed by atoms with van der Waals surface area (Å²) in [5.74, 6) is 0.536. The molecule has 0 saturated carbocycles. The van der Waals surface area contributed by atoms with E-state index in [1.54, 1.807) is 6.07 Å². The number of pyridine rings is 1. The lowest BCUT2D eigenvalue weighted by Crippen LogP contribution is -2.29. The number of halogens is 4. The Bertz CT molecular complexity index is 827. The van der Waals surface area contributed by atoms with Crippen molar-refractivity contribution < 1.29 is 22.6 Å². The lowest BCUT2D eigenvalue weighted by Gasteiger charge is -2.30. The number of ether oxygens (including phenoxy) is 2. The average molecular weight is 401 g/mol. The van der Waals surface area contributed by atoms with Gasteiger partial charge in [-0.2, -0.15) is 13.2 Å². The van der Waals surface area contributed by atoms with Crippen molar-refractivity contribution in [2.45, 2.75) is 38.6 Å². The third kappa shape index (κ3) is 4.30. The molecule has 2 aromatic rings. The van der Waals surface area contributed by atoms with Crippen LogP contribution in [0.4, 0.5) is 13.2 Å². The fourth-order valence-corrected chi connectivity index (χ4v) is 3.40. The van der Waals surface area contributed by atoms with Crippen molar-refractivity contribution in [3.8, 4) is 22.6 Å². The predicted molar refractivity (Wildman–Crippen MR) is 97.0 cm³/mol. The number of nitrogens with zero attached hydrogens (tertiary/aromatic N) is 1. The number of aromatic nitrogens is 1. The molecule has 3 rings (SSSR count). The first-order valence-electron chi connectivity index (χ1n) is 8.56. The Kier molecular flexibility index (Phi) is 5.53. The normalized spacial score (nSPS) is 18.1. The highest BCUT2D eigenvalue weighted by Crippen LogP contribution is 2.50. The highest BCUT2D eigenvalue weighted by atomic mass is 35.5. The van der Waals surface area contributed by atoms with Crippen LogP contribution in [-0.4, -0.2) is 23.8 Å². The number of hydrogen-bond acceptors (Lipinski definition) is 4. The van der Waals surface area contributed by atoms with Crippen molar-refractivity contribution in [1.82, 2.24) is 4.98 Å². The summed E-state index contributed by atoms with van der Waals surface area (Å²) < 4.78 is 51.3. The molecule has 0 fully saturated rings. The lowest BCUT2D eigenvalue weighted by atomic mass is 9.94. The molecular weight excluding hydrogens is 381 g/mol. The molecule has 8 heteroatoms. The van der Waals surface area contributed by atoms with Crippen LogP contribution in [-0.2, 0) is 0 Å². The molecule has 0 spiro atoms. The van der Waals surface area contributed by atoms with E-state index in [1.807, 2.05) is 13.8 Å². The molecule has 2 unspecified atom stereocenters. The van der Waals surface area contributed by atoms with Crippen LogP contribution >= 0.6 is 11.6 Å². The van der Waals surface area contributed by atoms with E-state index in [9.17, 15) is 13.2 Å². The second-order valence-electron chi connectivity index (χ2n) is 6.91. The van der Waals surface area contributed by atoms with Crippen molar-refractivity contribution in [3.63, 3.8) is 0 Å². The van der Waals surface area contributed by atoms with Gasteiger partial charge in [0.25, 0.3) is 0 Å². The molecule has 0 amide bonds. The zero-order valence-corrected chi connectivity index (χ0v) is 15.6. The van der Waals surface area contributed by atoms with Gasteiger partial charge in [0, 0.05) is 35.6 Å². The molecule has 0 bridgehead atoms. The monoisotopic (exact) mass is 400 g/mol. The van der Waals surface area contributed by atoms with Gasteiger partial charge in [0.15, 0.2) is 0 Å². The smallest absolute Gasteiger partial charge is 0.429 e. The minimum atomic E-state index is -4.57. The molecule has 1 aliphatic heterocycles. The molecule has 4 nitrogen and oxygen atoms in total. The van der Waals surface area contributed by atoms with Gasteiger partial charge in [-0.3, -0.25) is 4.98 Å². The van der Waals surface area contributed by atoms with Crippen molar-refractivity contribution in [3.05, 3.63) is 41.2 Å². The average Bonchev–Trinajstić information content (AvgIpc) is 2.58. The Morgan fingerprint density at radius 3 is 2.70 bits per heavy atom. The highest BCUT2D eigenvalue weighted by Gasteiger charge is 2.46. The Morgan fingerprint density at radius 2 is 2.04 bits per heavy atom. The Morgan fingerprint density at radius 1 is 1.30 bits per heavy atom. The number of alkyl halides is 3. The Hall–Kier alpha value is -1.99. The third-order valence-corrected chi connectivity index (χ3v) is 4.59. The molecule has 1 aromatic heterocycles. The quantitative estimate of drug-likeness (QED) is 0.754. The van der Waals surface area contributed by atoms with Crippen LogP contribution < -0.4 is 15.2 Å². The van der Waals surface area contributed by atoms with Crippen molar-refractivity contribution >= 4 is 11.6 Å². The fourth-order valence-electron chi connectivity index (χ4n) is 3.18. The maximum atomic E-state index is 13.4. The van der Waals surface area contributed by atoms with E-state index in [0.717, 1.165) is 6.42 Å².